The second-order valence-corrected chi connectivity index (χ2v) is 5.45. The molecule has 1 aliphatic heterocycles. The smallest absolute Gasteiger partial charge is 0.324 e. The molecule has 0 aromatic rings. The quantitative estimate of drug-likeness (QED) is 0.787. The lowest BCUT2D eigenvalue weighted by atomic mass is 9.97. The van der Waals surface area contributed by atoms with Crippen molar-refractivity contribution >= 4 is 16.9 Å². The highest BCUT2D eigenvalue weighted by Crippen LogP contribution is 2.28. The highest BCUT2D eigenvalue weighted by Gasteiger charge is 2.40. The van der Waals surface area contributed by atoms with Crippen molar-refractivity contribution in [1.82, 2.24) is 5.32 Å². The van der Waals surface area contributed by atoms with Crippen LogP contribution in [0.4, 0.5) is 17.6 Å². The second kappa shape index (κ2) is 4.81. The molecule has 94 valence electrons. The average Bonchev–Trinajstić information content (AvgIpc) is 2.16. The van der Waals surface area contributed by atoms with Gasteiger partial charge in [-0.2, -0.15) is 8.78 Å². The van der Waals surface area contributed by atoms with Crippen LogP contribution in [-0.4, -0.2) is 36.4 Å². The monoisotopic (exact) mass is 258 g/mol. The van der Waals surface area contributed by atoms with Gasteiger partial charge in [-0.3, -0.25) is 4.99 Å². The number of aliphatic imine (C=N–C) groups is 1. The molecule has 0 aromatic carbocycles. The third kappa shape index (κ3) is 3.84. The fourth-order valence-electron chi connectivity index (χ4n) is 1.02. The molecule has 0 amide bonds. The summed E-state index contributed by atoms with van der Waals surface area (Å²) in [6.07, 6.45) is -3.65. The van der Waals surface area contributed by atoms with Crippen LogP contribution in [-0.2, 0) is 0 Å². The van der Waals surface area contributed by atoms with E-state index in [1.165, 1.54) is 11.8 Å². The van der Waals surface area contributed by atoms with E-state index >= 15 is 0 Å². The Balaban J connectivity index is 2.43. The van der Waals surface area contributed by atoms with Crippen LogP contribution in [0.2, 0.25) is 0 Å². The van der Waals surface area contributed by atoms with E-state index in [1.54, 1.807) is 0 Å². The zero-order valence-corrected chi connectivity index (χ0v) is 9.88. The number of nitrogens with zero attached hydrogens (tertiary/aromatic N) is 1. The Bertz CT molecular complexity index is 279. The van der Waals surface area contributed by atoms with Crippen LogP contribution < -0.4 is 5.32 Å². The van der Waals surface area contributed by atoms with Crippen LogP contribution in [0.15, 0.2) is 4.99 Å². The molecular weight excluding hydrogens is 244 g/mol. The average molecular weight is 258 g/mol. The molecule has 0 saturated heterocycles. The van der Waals surface area contributed by atoms with Gasteiger partial charge in [-0.05, 0) is 5.41 Å². The lowest BCUT2D eigenvalue weighted by Crippen LogP contribution is -2.42. The summed E-state index contributed by atoms with van der Waals surface area (Å²) in [5.41, 5.74) is 0.0288. The first-order chi connectivity index (χ1) is 7.23. The van der Waals surface area contributed by atoms with E-state index in [1.807, 2.05) is 13.8 Å². The molecule has 1 aliphatic rings. The van der Waals surface area contributed by atoms with Crippen LogP contribution in [0.3, 0.4) is 0 Å². The minimum absolute atomic E-state index is 0.0288. The minimum Gasteiger partial charge on any atom is -0.359 e. The van der Waals surface area contributed by atoms with E-state index in [4.69, 9.17) is 0 Å². The Morgan fingerprint density at radius 2 is 2.12 bits per heavy atom. The van der Waals surface area contributed by atoms with E-state index in [-0.39, 0.29) is 5.41 Å². The van der Waals surface area contributed by atoms with E-state index in [0.717, 1.165) is 5.75 Å². The molecule has 0 fully saturated rings. The molecule has 0 atom stereocenters. The summed E-state index contributed by atoms with van der Waals surface area (Å²) in [4.78, 5) is 4.03. The Hall–Kier alpha value is -0.460. The summed E-state index contributed by atoms with van der Waals surface area (Å²) in [6.45, 7) is 3.46. The maximum Gasteiger partial charge on any atom is 0.324 e. The Labute approximate surface area is 95.9 Å². The van der Waals surface area contributed by atoms with E-state index in [2.05, 4.69) is 10.3 Å². The maximum absolute atomic E-state index is 12.6. The molecule has 0 bridgehead atoms. The first kappa shape index (κ1) is 13.6. The van der Waals surface area contributed by atoms with Gasteiger partial charge in [0.15, 0.2) is 5.17 Å². The standard InChI is InChI=1S/C9H14F4N2S/c1-8(2)3-14-7(16-5-8)15-4-9(12,13)6(10)11/h6H,3-5H2,1-2H3,(H,14,15). The molecule has 0 saturated carbocycles. The molecule has 0 radical (unpaired) electrons. The van der Waals surface area contributed by atoms with Gasteiger partial charge in [-0.1, -0.05) is 25.6 Å². The van der Waals surface area contributed by atoms with Crippen molar-refractivity contribution in [3.8, 4) is 0 Å². The highest BCUT2D eigenvalue weighted by atomic mass is 32.2. The van der Waals surface area contributed by atoms with E-state index < -0.39 is 18.9 Å². The molecule has 0 unspecified atom stereocenters. The number of hydrogen-bond acceptors (Lipinski definition) is 3. The maximum atomic E-state index is 12.6. The summed E-state index contributed by atoms with van der Waals surface area (Å²) in [6, 6.07) is 0. The summed E-state index contributed by atoms with van der Waals surface area (Å²) in [5.74, 6) is -3.27. The Kier molecular flexibility index (Phi) is 4.09. The first-order valence-electron chi connectivity index (χ1n) is 4.80. The third-order valence-electron chi connectivity index (χ3n) is 2.04. The molecule has 0 aliphatic carbocycles. The predicted molar refractivity (Wildman–Crippen MR) is 57.5 cm³/mol. The molecular formula is C9H14F4N2S. The van der Waals surface area contributed by atoms with Gasteiger partial charge in [-0.15, -0.1) is 0 Å². The molecule has 0 spiro atoms. The SMILES string of the molecule is CC1(C)CN=C(NCC(F)(F)C(F)F)SC1. The van der Waals surface area contributed by atoms with Gasteiger partial charge in [0.1, 0.15) is 0 Å². The third-order valence-corrected chi connectivity index (χ3v) is 3.52. The number of amidine groups is 1. The molecule has 1 rings (SSSR count). The number of rotatable bonds is 3. The molecule has 1 heterocycles. The van der Waals surface area contributed by atoms with Crippen molar-refractivity contribution < 1.29 is 17.6 Å². The summed E-state index contributed by atoms with van der Waals surface area (Å²) >= 11 is 1.28. The van der Waals surface area contributed by atoms with Crippen LogP contribution in [0.1, 0.15) is 13.8 Å². The minimum atomic E-state index is -4.00. The van der Waals surface area contributed by atoms with Gasteiger partial charge in [0, 0.05) is 12.3 Å². The number of thioether (sulfide) groups is 1. The highest BCUT2D eigenvalue weighted by molar-refractivity contribution is 8.13. The Morgan fingerprint density at radius 1 is 1.50 bits per heavy atom. The van der Waals surface area contributed by atoms with Crippen LogP contribution >= 0.6 is 11.8 Å². The van der Waals surface area contributed by atoms with E-state index in [9.17, 15) is 17.6 Å². The van der Waals surface area contributed by atoms with Gasteiger partial charge in [-0.25, -0.2) is 8.78 Å². The van der Waals surface area contributed by atoms with Crippen molar-refractivity contribution in [2.45, 2.75) is 26.2 Å². The van der Waals surface area contributed by atoms with Crippen molar-refractivity contribution in [3.63, 3.8) is 0 Å². The summed E-state index contributed by atoms with van der Waals surface area (Å²) in [5, 5.41) is 2.58. The number of alkyl halides is 4. The van der Waals surface area contributed by atoms with Crippen molar-refractivity contribution in [2.75, 3.05) is 18.8 Å². The van der Waals surface area contributed by atoms with Gasteiger partial charge in [0.05, 0.1) is 6.54 Å². The number of hydrogen-bond donors (Lipinski definition) is 1. The van der Waals surface area contributed by atoms with Gasteiger partial charge < -0.3 is 5.32 Å². The lowest BCUT2D eigenvalue weighted by Gasteiger charge is -2.28. The fourth-order valence-corrected chi connectivity index (χ4v) is 1.97. The van der Waals surface area contributed by atoms with E-state index in [0.29, 0.717) is 11.7 Å². The van der Waals surface area contributed by atoms with Gasteiger partial charge in [0.2, 0.25) is 0 Å². The number of nitrogens with one attached hydrogen (secondary N) is 1. The zero-order valence-electron chi connectivity index (χ0n) is 9.07. The van der Waals surface area contributed by atoms with Crippen LogP contribution in [0, 0.1) is 5.41 Å². The second-order valence-electron chi connectivity index (χ2n) is 4.49. The summed E-state index contributed by atoms with van der Waals surface area (Å²) < 4.78 is 48.9. The van der Waals surface area contributed by atoms with Gasteiger partial charge >= 0.3 is 12.3 Å². The van der Waals surface area contributed by atoms with Crippen molar-refractivity contribution in [2.24, 2.45) is 10.4 Å². The topological polar surface area (TPSA) is 24.4 Å². The zero-order chi connectivity index (χ0) is 12.4. The van der Waals surface area contributed by atoms with Crippen LogP contribution in [0.25, 0.3) is 0 Å². The Morgan fingerprint density at radius 3 is 2.56 bits per heavy atom. The molecule has 16 heavy (non-hydrogen) atoms. The first-order valence-corrected chi connectivity index (χ1v) is 5.79. The lowest BCUT2D eigenvalue weighted by molar-refractivity contribution is -0.122. The number of halogens is 4. The molecule has 7 heteroatoms. The molecule has 0 aromatic heterocycles. The molecule has 2 nitrogen and oxygen atoms in total. The van der Waals surface area contributed by atoms with Crippen molar-refractivity contribution in [1.29, 1.82) is 0 Å². The normalized spacial score (nSPS) is 20.8. The predicted octanol–water partition coefficient (Wildman–Crippen LogP) is 2.61. The van der Waals surface area contributed by atoms with Gasteiger partial charge in [0.25, 0.3) is 0 Å². The fraction of sp³-hybridized carbons (Fsp3) is 0.889. The molecule has 1 N–H and O–H groups in total. The largest absolute Gasteiger partial charge is 0.359 e. The summed E-state index contributed by atoms with van der Waals surface area (Å²) in [7, 11) is 0. The van der Waals surface area contributed by atoms with Crippen molar-refractivity contribution in [3.05, 3.63) is 0 Å². The van der Waals surface area contributed by atoms with Crippen LogP contribution in [0.5, 0.6) is 0 Å².